The minimum absolute atomic E-state index is 0.0564. The fraction of sp³-hybridized carbons (Fsp3) is 0.0500. The number of anilines is 2. The minimum Gasteiger partial charge on any atom is -0.434 e. The molecule has 0 unspecified atom stereocenters. The van der Waals surface area contributed by atoms with Crippen molar-refractivity contribution in [2.75, 3.05) is 5.32 Å². The van der Waals surface area contributed by atoms with Crippen LogP contribution in [0.2, 0.25) is 0 Å². The summed E-state index contributed by atoms with van der Waals surface area (Å²) in [6.07, 6.45) is 5.07. The highest BCUT2D eigenvalue weighted by molar-refractivity contribution is 5.95. The van der Waals surface area contributed by atoms with Crippen LogP contribution in [0.1, 0.15) is 0 Å². The average Bonchev–Trinajstić information content (AvgIpc) is 3.08. The van der Waals surface area contributed by atoms with Crippen LogP contribution in [-0.4, -0.2) is 26.5 Å². The van der Waals surface area contributed by atoms with E-state index in [0.717, 1.165) is 22.5 Å². The smallest absolute Gasteiger partial charge is 0.387 e. The molecular formula is C20H13F2N5O. The maximum atomic E-state index is 12.8. The molecule has 5 rings (SSSR count). The molecule has 0 fully saturated rings. The van der Waals surface area contributed by atoms with Gasteiger partial charge in [-0.2, -0.15) is 8.78 Å². The van der Waals surface area contributed by atoms with E-state index in [9.17, 15) is 8.78 Å². The van der Waals surface area contributed by atoms with E-state index < -0.39 is 6.61 Å². The number of benzene rings is 1. The summed E-state index contributed by atoms with van der Waals surface area (Å²) in [6, 6.07) is 12.1. The lowest BCUT2D eigenvalue weighted by molar-refractivity contribution is -0.0494. The highest BCUT2D eigenvalue weighted by Gasteiger charge is 2.25. The van der Waals surface area contributed by atoms with E-state index in [4.69, 9.17) is 4.98 Å². The van der Waals surface area contributed by atoms with Crippen molar-refractivity contribution in [2.45, 2.75) is 6.61 Å². The summed E-state index contributed by atoms with van der Waals surface area (Å²) in [5.74, 6) is 1.13. The van der Waals surface area contributed by atoms with E-state index in [1.165, 1.54) is 6.07 Å². The maximum absolute atomic E-state index is 12.8. The number of rotatable bonds is 3. The number of alkyl halides is 2. The van der Waals surface area contributed by atoms with Gasteiger partial charge >= 0.3 is 6.61 Å². The second kappa shape index (κ2) is 6.41. The monoisotopic (exact) mass is 377 g/mol. The zero-order valence-corrected chi connectivity index (χ0v) is 14.4. The van der Waals surface area contributed by atoms with Gasteiger partial charge in [0.15, 0.2) is 0 Å². The number of fused-ring (bicyclic) bond motifs is 5. The lowest BCUT2D eigenvalue weighted by Gasteiger charge is -2.09. The van der Waals surface area contributed by atoms with Crippen molar-refractivity contribution in [1.29, 1.82) is 0 Å². The zero-order valence-electron chi connectivity index (χ0n) is 14.4. The summed E-state index contributed by atoms with van der Waals surface area (Å²) in [6.45, 7) is -2.92. The Bertz CT molecular complexity index is 1110. The Hall–Kier alpha value is -3.81. The first-order valence-electron chi connectivity index (χ1n) is 8.52. The molecule has 0 bridgehead atoms. The van der Waals surface area contributed by atoms with Gasteiger partial charge in [0.05, 0.1) is 23.1 Å². The quantitative estimate of drug-likeness (QED) is 0.470. The van der Waals surface area contributed by atoms with Gasteiger partial charge in [0.25, 0.3) is 0 Å². The Morgan fingerprint density at radius 1 is 0.929 bits per heavy atom. The number of aromatic nitrogens is 4. The molecule has 3 aromatic heterocycles. The van der Waals surface area contributed by atoms with Gasteiger partial charge in [0, 0.05) is 23.5 Å². The highest BCUT2D eigenvalue weighted by atomic mass is 19.3. The summed E-state index contributed by atoms with van der Waals surface area (Å²) in [5.41, 5.74) is 4.29. The molecule has 1 aliphatic heterocycles. The lowest BCUT2D eigenvalue weighted by Crippen LogP contribution is -2.03. The van der Waals surface area contributed by atoms with Gasteiger partial charge in [0.2, 0.25) is 0 Å². The van der Waals surface area contributed by atoms with Gasteiger partial charge in [-0.15, -0.1) is 0 Å². The van der Waals surface area contributed by atoms with Crippen molar-refractivity contribution >= 4 is 11.5 Å². The van der Waals surface area contributed by atoms with Crippen LogP contribution in [0.3, 0.4) is 0 Å². The van der Waals surface area contributed by atoms with Gasteiger partial charge in [0.1, 0.15) is 23.1 Å². The third-order valence-corrected chi connectivity index (χ3v) is 4.47. The zero-order chi connectivity index (χ0) is 19.1. The third-order valence-electron chi connectivity index (χ3n) is 4.47. The first kappa shape index (κ1) is 16.4. The van der Waals surface area contributed by atoms with Crippen LogP contribution in [0.15, 0.2) is 61.1 Å². The first-order chi connectivity index (χ1) is 13.7. The topological polar surface area (TPSA) is 75.7 Å². The molecule has 2 N–H and O–H groups in total. The Labute approximate surface area is 158 Å². The third kappa shape index (κ3) is 2.66. The van der Waals surface area contributed by atoms with E-state index in [-0.39, 0.29) is 5.75 Å². The highest BCUT2D eigenvalue weighted by Crippen LogP contribution is 2.43. The van der Waals surface area contributed by atoms with Crippen molar-refractivity contribution in [3.05, 3.63) is 61.1 Å². The molecule has 8 heteroatoms. The fourth-order valence-electron chi connectivity index (χ4n) is 3.29. The average molecular weight is 377 g/mol. The molecular weight excluding hydrogens is 364 g/mol. The number of nitrogens with one attached hydrogen (secondary N) is 2. The maximum Gasteiger partial charge on any atom is 0.387 e. The molecule has 138 valence electrons. The molecule has 0 aliphatic carbocycles. The SMILES string of the molecule is FC(F)Oc1ccccc1-c1nc2c([nH]1)-c1ccncc1Nc1ncccc1-2. The van der Waals surface area contributed by atoms with Crippen LogP contribution in [0.4, 0.5) is 20.3 Å². The number of para-hydroxylation sites is 1. The molecule has 0 spiro atoms. The summed E-state index contributed by atoms with van der Waals surface area (Å²) < 4.78 is 30.3. The normalized spacial score (nSPS) is 11.8. The second-order valence-electron chi connectivity index (χ2n) is 6.13. The number of ether oxygens (including phenoxy) is 1. The van der Waals surface area contributed by atoms with Gasteiger partial charge in [-0.1, -0.05) is 12.1 Å². The number of aromatic amines is 1. The predicted octanol–water partition coefficient (Wildman–Crippen LogP) is 4.86. The number of H-pyrrole nitrogens is 1. The molecule has 0 atom stereocenters. The minimum atomic E-state index is -2.92. The summed E-state index contributed by atoms with van der Waals surface area (Å²) in [4.78, 5) is 16.5. The van der Waals surface area contributed by atoms with Crippen LogP contribution in [0.5, 0.6) is 5.75 Å². The van der Waals surface area contributed by atoms with Crippen molar-refractivity contribution in [3.8, 4) is 39.7 Å². The van der Waals surface area contributed by atoms with Crippen molar-refractivity contribution in [1.82, 2.24) is 19.9 Å². The van der Waals surface area contributed by atoms with E-state index in [2.05, 4.69) is 25.0 Å². The Morgan fingerprint density at radius 3 is 2.68 bits per heavy atom. The van der Waals surface area contributed by atoms with Crippen LogP contribution >= 0.6 is 0 Å². The van der Waals surface area contributed by atoms with E-state index in [1.807, 2.05) is 18.2 Å². The van der Waals surface area contributed by atoms with Crippen molar-refractivity contribution in [2.24, 2.45) is 0 Å². The molecule has 6 nitrogen and oxygen atoms in total. The second-order valence-corrected chi connectivity index (χ2v) is 6.13. The molecule has 0 amide bonds. The lowest BCUT2D eigenvalue weighted by atomic mass is 10.1. The molecule has 1 aromatic carbocycles. The van der Waals surface area contributed by atoms with E-state index in [0.29, 0.717) is 22.9 Å². The molecule has 0 saturated heterocycles. The van der Waals surface area contributed by atoms with Crippen LogP contribution < -0.4 is 10.1 Å². The summed E-state index contributed by atoms with van der Waals surface area (Å²) in [5, 5.41) is 3.28. The largest absolute Gasteiger partial charge is 0.434 e. The number of halogens is 2. The molecule has 4 aromatic rings. The van der Waals surface area contributed by atoms with Gasteiger partial charge < -0.3 is 15.0 Å². The van der Waals surface area contributed by atoms with Crippen molar-refractivity contribution < 1.29 is 13.5 Å². The summed E-state index contributed by atoms with van der Waals surface area (Å²) >= 11 is 0. The number of pyridine rings is 2. The van der Waals surface area contributed by atoms with Crippen LogP contribution in [0, 0.1) is 0 Å². The Balaban J connectivity index is 1.75. The standard InChI is InChI=1S/C20H13F2N5O/c21-20(22)28-15-6-2-1-4-12(15)19-26-16-11-7-9-23-10-14(11)25-18-13(17(16)27-19)5-3-8-24-18/h1-10,20H,(H,24,25)(H,26,27). The van der Waals surface area contributed by atoms with E-state index in [1.54, 1.807) is 36.8 Å². The molecule has 0 saturated carbocycles. The number of imidazole rings is 1. The first-order valence-corrected chi connectivity index (χ1v) is 8.52. The van der Waals surface area contributed by atoms with Crippen LogP contribution in [0.25, 0.3) is 33.9 Å². The summed E-state index contributed by atoms with van der Waals surface area (Å²) in [7, 11) is 0. The molecule has 4 heterocycles. The van der Waals surface area contributed by atoms with Gasteiger partial charge in [-0.05, 0) is 30.3 Å². The van der Waals surface area contributed by atoms with Crippen molar-refractivity contribution in [3.63, 3.8) is 0 Å². The van der Waals surface area contributed by atoms with Gasteiger partial charge in [-0.3, -0.25) is 4.98 Å². The number of hydrogen-bond donors (Lipinski definition) is 2. The van der Waals surface area contributed by atoms with Gasteiger partial charge in [-0.25, -0.2) is 9.97 Å². The fourth-order valence-corrected chi connectivity index (χ4v) is 3.29. The number of nitrogens with zero attached hydrogens (tertiary/aromatic N) is 3. The number of hydrogen-bond acceptors (Lipinski definition) is 5. The molecule has 28 heavy (non-hydrogen) atoms. The molecule has 0 radical (unpaired) electrons. The van der Waals surface area contributed by atoms with E-state index >= 15 is 0 Å². The predicted molar refractivity (Wildman–Crippen MR) is 100 cm³/mol. The Kier molecular flexibility index (Phi) is 3.75. The molecule has 1 aliphatic rings. The Morgan fingerprint density at radius 2 is 1.79 bits per heavy atom. The van der Waals surface area contributed by atoms with Crippen LogP contribution in [-0.2, 0) is 0 Å².